The van der Waals surface area contributed by atoms with E-state index in [1.807, 2.05) is 38.1 Å². The highest BCUT2D eigenvalue weighted by Crippen LogP contribution is 2.49. The quantitative estimate of drug-likeness (QED) is 0.438. The van der Waals surface area contributed by atoms with E-state index in [1.165, 1.54) is 12.1 Å². The fourth-order valence-corrected chi connectivity index (χ4v) is 4.93. The van der Waals surface area contributed by atoms with Crippen LogP contribution in [0.3, 0.4) is 0 Å². The van der Waals surface area contributed by atoms with Gasteiger partial charge in [0, 0.05) is 46.6 Å². The van der Waals surface area contributed by atoms with Crippen LogP contribution in [-0.2, 0) is 9.59 Å². The lowest BCUT2D eigenvalue weighted by molar-refractivity contribution is -0.384. The Morgan fingerprint density at radius 3 is 2.53 bits per heavy atom. The zero-order valence-corrected chi connectivity index (χ0v) is 18.3. The van der Waals surface area contributed by atoms with Crippen molar-refractivity contribution in [1.82, 2.24) is 0 Å². The maximum absolute atomic E-state index is 13.3. The molecule has 1 aliphatic heterocycles. The van der Waals surface area contributed by atoms with Crippen molar-refractivity contribution in [1.29, 1.82) is 0 Å². The van der Waals surface area contributed by atoms with E-state index in [4.69, 9.17) is 0 Å². The van der Waals surface area contributed by atoms with Gasteiger partial charge in [-0.2, -0.15) is 0 Å². The number of rotatable bonds is 3. The van der Waals surface area contributed by atoms with Crippen LogP contribution in [0, 0.1) is 15.5 Å². The fourth-order valence-electron chi connectivity index (χ4n) is 4.47. The Kier molecular flexibility index (Phi) is 5.10. The highest BCUT2D eigenvalue weighted by Gasteiger charge is 2.44. The van der Waals surface area contributed by atoms with Gasteiger partial charge in [0.25, 0.3) is 5.69 Å². The largest absolute Gasteiger partial charge is 0.294 e. The van der Waals surface area contributed by atoms with Crippen LogP contribution in [-0.4, -0.2) is 16.6 Å². The molecule has 1 heterocycles. The number of carbonyl (C=O) groups excluding carboxylic acids is 2. The first-order valence-electron chi connectivity index (χ1n) is 9.76. The van der Waals surface area contributed by atoms with Gasteiger partial charge in [-0.05, 0) is 45.5 Å². The second-order valence-electron chi connectivity index (χ2n) is 8.59. The predicted molar refractivity (Wildman–Crippen MR) is 117 cm³/mol. The first-order chi connectivity index (χ1) is 14.2. The summed E-state index contributed by atoms with van der Waals surface area (Å²) in [5, 5.41) is 11.3. The molecule has 0 aromatic heterocycles. The first kappa shape index (κ1) is 20.5. The van der Waals surface area contributed by atoms with Gasteiger partial charge in [-0.15, -0.1) is 0 Å². The van der Waals surface area contributed by atoms with Crippen LogP contribution in [0.25, 0.3) is 0 Å². The molecule has 0 spiro atoms. The molecule has 2 aliphatic rings. The molecule has 1 amide bonds. The third-order valence-electron chi connectivity index (χ3n) is 5.72. The maximum Gasteiger partial charge on any atom is 0.269 e. The number of nitro groups is 1. The number of nitrogens with zero attached hydrogens (tertiary/aromatic N) is 2. The van der Waals surface area contributed by atoms with Gasteiger partial charge in [0.1, 0.15) is 0 Å². The SMILES string of the molecule is CC1(C)CC(=O)C2=C(C1)N(c1ccccc1Br)C(=O)CC2c1cccc([N+](=O)[O-])c1. The summed E-state index contributed by atoms with van der Waals surface area (Å²) in [5.41, 5.74) is 2.32. The van der Waals surface area contributed by atoms with Crippen molar-refractivity contribution < 1.29 is 14.5 Å². The molecule has 6 nitrogen and oxygen atoms in total. The zero-order valence-electron chi connectivity index (χ0n) is 16.7. The zero-order chi connectivity index (χ0) is 21.6. The molecule has 1 atom stereocenters. The van der Waals surface area contributed by atoms with Crippen molar-refractivity contribution in [2.75, 3.05) is 4.90 Å². The Bertz CT molecular complexity index is 1110. The number of amides is 1. The second-order valence-corrected chi connectivity index (χ2v) is 9.45. The number of hydrogen-bond acceptors (Lipinski definition) is 4. The van der Waals surface area contributed by atoms with E-state index >= 15 is 0 Å². The average molecular weight is 469 g/mol. The summed E-state index contributed by atoms with van der Waals surface area (Å²) in [5.74, 6) is -0.597. The number of Topliss-reactive ketones (excluding diaryl/α,β-unsaturated/α-hetero) is 1. The molecule has 1 aliphatic carbocycles. The minimum atomic E-state index is -0.477. The number of ketones is 1. The Morgan fingerprint density at radius 1 is 1.10 bits per heavy atom. The summed E-state index contributed by atoms with van der Waals surface area (Å²) in [7, 11) is 0. The molecule has 0 saturated carbocycles. The fraction of sp³-hybridized carbons (Fsp3) is 0.304. The molecule has 1 unspecified atom stereocenters. The van der Waals surface area contributed by atoms with E-state index in [0.29, 0.717) is 35.4 Å². The molecule has 154 valence electrons. The molecule has 0 bridgehead atoms. The van der Waals surface area contributed by atoms with E-state index in [-0.39, 0.29) is 29.2 Å². The number of benzene rings is 2. The number of non-ortho nitro benzene ring substituents is 1. The van der Waals surface area contributed by atoms with Crippen LogP contribution >= 0.6 is 15.9 Å². The maximum atomic E-state index is 13.3. The first-order valence-corrected chi connectivity index (χ1v) is 10.6. The average Bonchev–Trinajstić information content (AvgIpc) is 2.67. The molecule has 7 heteroatoms. The highest BCUT2D eigenvalue weighted by molar-refractivity contribution is 9.10. The van der Waals surface area contributed by atoms with Gasteiger partial charge in [0.15, 0.2) is 5.78 Å². The van der Waals surface area contributed by atoms with E-state index in [1.54, 1.807) is 17.0 Å². The lowest BCUT2D eigenvalue weighted by atomic mass is 9.69. The minimum Gasteiger partial charge on any atom is -0.294 e. The smallest absolute Gasteiger partial charge is 0.269 e. The van der Waals surface area contributed by atoms with E-state index in [9.17, 15) is 19.7 Å². The standard InChI is InChI=1S/C23H21BrN2O4/c1-23(2)12-19-22(20(27)13-23)16(14-6-5-7-15(10-14)26(29)30)11-21(28)25(19)18-9-4-3-8-17(18)24/h3-10,16H,11-13H2,1-2H3. The van der Waals surface area contributed by atoms with Crippen LogP contribution in [0.2, 0.25) is 0 Å². The molecule has 0 N–H and O–H groups in total. The number of allylic oxidation sites excluding steroid dienone is 2. The highest BCUT2D eigenvalue weighted by atomic mass is 79.9. The van der Waals surface area contributed by atoms with Gasteiger partial charge in [-0.3, -0.25) is 24.6 Å². The second kappa shape index (κ2) is 7.47. The van der Waals surface area contributed by atoms with Gasteiger partial charge in [-0.25, -0.2) is 0 Å². The summed E-state index contributed by atoms with van der Waals surface area (Å²) in [4.78, 5) is 39.1. The Balaban J connectivity index is 1.92. The van der Waals surface area contributed by atoms with E-state index in [2.05, 4.69) is 15.9 Å². The molecular formula is C23H21BrN2O4. The molecule has 2 aromatic carbocycles. The van der Waals surface area contributed by atoms with Crippen molar-refractivity contribution in [3.8, 4) is 0 Å². The van der Waals surface area contributed by atoms with Crippen LogP contribution in [0.4, 0.5) is 11.4 Å². The van der Waals surface area contributed by atoms with Gasteiger partial charge in [-0.1, -0.05) is 38.1 Å². The van der Waals surface area contributed by atoms with Crippen molar-refractivity contribution in [3.63, 3.8) is 0 Å². The predicted octanol–water partition coefficient (Wildman–Crippen LogP) is 5.52. The Hall–Kier alpha value is -2.80. The van der Waals surface area contributed by atoms with Crippen LogP contribution in [0.1, 0.15) is 44.6 Å². The topological polar surface area (TPSA) is 80.5 Å². The lowest BCUT2D eigenvalue weighted by Gasteiger charge is -2.43. The molecule has 4 rings (SSSR count). The van der Waals surface area contributed by atoms with Gasteiger partial charge in [0.2, 0.25) is 5.91 Å². The number of nitro benzene ring substituents is 1. The molecule has 2 aromatic rings. The summed E-state index contributed by atoms with van der Waals surface area (Å²) >= 11 is 3.53. The molecule has 0 saturated heterocycles. The molecule has 0 radical (unpaired) electrons. The summed E-state index contributed by atoms with van der Waals surface area (Å²) in [6, 6.07) is 13.7. The number of carbonyl (C=O) groups is 2. The van der Waals surface area contributed by atoms with Crippen molar-refractivity contribution in [2.24, 2.45) is 5.41 Å². The normalized spacial score (nSPS) is 20.9. The van der Waals surface area contributed by atoms with Crippen molar-refractivity contribution in [3.05, 3.63) is 80.0 Å². The number of para-hydroxylation sites is 1. The van der Waals surface area contributed by atoms with Crippen LogP contribution in [0.15, 0.2) is 64.3 Å². The van der Waals surface area contributed by atoms with Gasteiger partial charge >= 0.3 is 0 Å². The molecule has 0 fully saturated rings. The Labute approximate surface area is 182 Å². The monoisotopic (exact) mass is 468 g/mol. The van der Waals surface area contributed by atoms with Crippen molar-refractivity contribution in [2.45, 2.75) is 39.0 Å². The summed E-state index contributed by atoms with van der Waals surface area (Å²) in [6.07, 6.45) is 1.05. The van der Waals surface area contributed by atoms with Crippen molar-refractivity contribution >= 4 is 39.0 Å². The number of halogens is 1. The summed E-state index contributed by atoms with van der Waals surface area (Å²) in [6.45, 7) is 4.04. The van der Waals surface area contributed by atoms with E-state index < -0.39 is 10.8 Å². The third kappa shape index (κ3) is 3.58. The molecule has 30 heavy (non-hydrogen) atoms. The number of anilines is 1. The van der Waals surface area contributed by atoms with Gasteiger partial charge in [0.05, 0.1) is 10.6 Å². The molecular weight excluding hydrogens is 448 g/mol. The third-order valence-corrected chi connectivity index (χ3v) is 6.39. The minimum absolute atomic E-state index is 0.00214. The Morgan fingerprint density at radius 2 is 1.83 bits per heavy atom. The van der Waals surface area contributed by atoms with Gasteiger partial charge < -0.3 is 0 Å². The van der Waals surface area contributed by atoms with Crippen LogP contribution in [0.5, 0.6) is 0 Å². The van der Waals surface area contributed by atoms with E-state index in [0.717, 1.165) is 4.47 Å². The lowest BCUT2D eigenvalue weighted by Crippen LogP contribution is -2.43. The number of hydrogen-bond donors (Lipinski definition) is 0. The summed E-state index contributed by atoms with van der Waals surface area (Å²) < 4.78 is 0.773. The van der Waals surface area contributed by atoms with Crippen LogP contribution < -0.4 is 4.90 Å².